The molecule has 2 aliphatic carbocycles. The molecule has 22 heavy (non-hydrogen) atoms. The smallest absolute Gasteiger partial charge is 0.124 e. The summed E-state index contributed by atoms with van der Waals surface area (Å²) in [5, 5.41) is 20.0. The number of hydrogen-bond donors (Lipinski definition) is 2. The van der Waals surface area contributed by atoms with Crippen LogP contribution in [0.15, 0.2) is 24.3 Å². The predicted octanol–water partition coefficient (Wildman–Crippen LogP) is 3.05. The highest BCUT2D eigenvalue weighted by Gasteiger charge is 2.26. The number of rotatable bonds is 4. The average molecular weight is 306 g/mol. The summed E-state index contributed by atoms with van der Waals surface area (Å²) < 4.78 is 11.9. The minimum atomic E-state index is -0.376. The van der Waals surface area contributed by atoms with Crippen LogP contribution in [-0.2, 0) is 0 Å². The van der Waals surface area contributed by atoms with Crippen molar-refractivity contribution in [1.29, 1.82) is 0 Å². The van der Waals surface area contributed by atoms with Crippen LogP contribution in [0.1, 0.15) is 51.4 Å². The zero-order valence-corrected chi connectivity index (χ0v) is 13.0. The first-order valence-electron chi connectivity index (χ1n) is 8.52. The molecule has 2 aliphatic rings. The molecule has 1 aromatic rings. The molecule has 4 heteroatoms. The van der Waals surface area contributed by atoms with Crippen LogP contribution in [0.4, 0.5) is 0 Å². The second kappa shape index (κ2) is 7.34. The molecule has 0 radical (unpaired) electrons. The Balaban J connectivity index is 1.62. The summed E-state index contributed by atoms with van der Waals surface area (Å²) in [5.74, 6) is 1.46. The summed E-state index contributed by atoms with van der Waals surface area (Å²) in [6.45, 7) is 0. The van der Waals surface area contributed by atoms with E-state index in [2.05, 4.69) is 0 Å². The van der Waals surface area contributed by atoms with Gasteiger partial charge in [-0.2, -0.15) is 0 Å². The van der Waals surface area contributed by atoms with E-state index in [1.54, 1.807) is 0 Å². The van der Waals surface area contributed by atoms with Crippen molar-refractivity contribution in [3.05, 3.63) is 24.3 Å². The van der Waals surface area contributed by atoms with E-state index in [0.717, 1.165) is 62.9 Å². The molecule has 0 aromatic heterocycles. The molecule has 4 nitrogen and oxygen atoms in total. The van der Waals surface area contributed by atoms with Crippen molar-refractivity contribution in [3.63, 3.8) is 0 Å². The minimum absolute atomic E-state index is 0.121. The fourth-order valence-corrected chi connectivity index (χ4v) is 3.40. The number of hydrogen-bond acceptors (Lipinski definition) is 4. The fraction of sp³-hybridized carbons (Fsp3) is 0.667. The van der Waals surface area contributed by atoms with Crippen molar-refractivity contribution in [1.82, 2.24) is 0 Å². The van der Waals surface area contributed by atoms with Crippen molar-refractivity contribution >= 4 is 0 Å². The summed E-state index contributed by atoms with van der Waals surface area (Å²) in [6.07, 6.45) is 6.78. The second-order valence-corrected chi connectivity index (χ2v) is 6.49. The molecule has 1 aromatic carbocycles. The van der Waals surface area contributed by atoms with Gasteiger partial charge in [-0.05, 0) is 50.7 Å². The van der Waals surface area contributed by atoms with Crippen LogP contribution in [0.5, 0.6) is 11.5 Å². The van der Waals surface area contributed by atoms with Gasteiger partial charge in [-0.1, -0.05) is 18.9 Å². The number of aliphatic hydroxyl groups excluding tert-OH is 2. The Labute approximate surface area is 132 Å². The maximum Gasteiger partial charge on any atom is 0.124 e. The van der Waals surface area contributed by atoms with Crippen LogP contribution in [0.3, 0.4) is 0 Å². The van der Waals surface area contributed by atoms with Crippen LogP contribution in [0, 0.1) is 0 Å². The lowest BCUT2D eigenvalue weighted by atomic mass is 9.94. The lowest BCUT2D eigenvalue weighted by molar-refractivity contribution is 0.00303. The van der Waals surface area contributed by atoms with Crippen LogP contribution in [-0.4, -0.2) is 34.6 Å². The molecule has 2 fully saturated rings. The Morgan fingerprint density at radius 2 is 1.18 bits per heavy atom. The van der Waals surface area contributed by atoms with Gasteiger partial charge in [0, 0.05) is 6.07 Å². The molecule has 0 bridgehead atoms. The highest BCUT2D eigenvalue weighted by Crippen LogP contribution is 2.29. The van der Waals surface area contributed by atoms with Gasteiger partial charge in [0.25, 0.3) is 0 Å². The topological polar surface area (TPSA) is 58.9 Å². The molecule has 0 spiro atoms. The lowest BCUT2D eigenvalue weighted by Gasteiger charge is -2.29. The van der Waals surface area contributed by atoms with Crippen molar-refractivity contribution in [2.75, 3.05) is 0 Å². The molecular formula is C18H26O4. The van der Waals surface area contributed by atoms with E-state index in [9.17, 15) is 10.2 Å². The first-order valence-corrected chi connectivity index (χ1v) is 8.52. The van der Waals surface area contributed by atoms with Gasteiger partial charge >= 0.3 is 0 Å². The Morgan fingerprint density at radius 1 is 0.727 bits per heavy atom. The minimum Gasteiger partial charge on any atom is -0.488 e. The molecule has 2 saturated carbocycles. The first kappa shape index (κ1) is 15.6. The molecule has 0 aliphatic heterocycles. The van der Waals surface area contributed by atoms with Crippen molar-refractivity contribution < 1.29 is 19.7 Å². The number of aliphatic hydroxyl groups is 2. The Bertz CT molecular complexity index is 437. The van der Waals surface area contributed by atoms with Crippen LogP contribution < -0.4 is 9.47 Å². The third-order valence-corrected chi connectivity index (χ3v) is 4.72. The van der Waals surface area contributed by atoms with Crippen LogP contribution in [0.25, 0.3) is 0 Å². The molecule has 2 N–H and O–H groups in total. The van der Waals surface area contributed by atoms with Gasteiger partial charge < -0.3 is 19.7 Å². The van der Waals surface area contributed by atoms with E-state index in [0.29, 0.717) is 0 Å². The van der Waals surface area contributed by atoms with Crippen LogP contribution in [0.2, 0.25) is 0 Å². The summed E-state index contributed by atoms with van der Waals surface area (Å²) in [4.78, 5) is 0. The third-order valence-electron chi connectivity index (χ3n) is 4.72. The maximum absolute atomic E-state index is 10.0. The SMILES string of the molecule is O[C@H]1CCCC[C@@H]1Oc1cccc(O[C@H]2CCCC[C@@H]2O)c1. The largest absolute Gasteiger partial charge is 0.488 e. The van der Waals surface area contributed by atoms with Gasteiger partial charge in [0.1, 0.15) is 23.7 Å². The Morgan fingerprint density at radius 3 is 1.64 bits per heavy atom. The van der Waals surface area contributed by atoms with Crippen molar-refractivity contribution in [3.8, 4) is 11.5 Å². The summed E-state index contributed by atoms with van der Waals surface area (Å²) in [6, 6.07) is 7.55. The van der Waals surface area contributed by atoms with E-state index in [-0.39, 0.29) is 24.4 Å². The van der Waals surface area contributed by atoms with E-state index in [1.807, 2.05) is 24.3 Å². The number of benzene rings is 1. The monoisotopic (exact) mass is 306 g/mol. The Hall–Kier alpha value is -1.26. The Kier molecular flexibility index (Phi) is 5.21. The first-order chi connectivity index (χ1) is 10.7. The second-order valence-electron chi connectivity index (χ2n) is 6.49. The highest BCUT2D eigenvalue weighted by molar-refractivity contribution is 5.33. The van der Waals surface area contributed by atoms with Gasteiger partial charge in [-0.3, -0.25) is 0 Å². The highest BCUT2D eigenvalue weighted by atomic mass is 16.5. The fourth-order valence-electron chi connectivity index (χ4n) is 3.40. The molecule has 4 atom stereocenters. The van der Waals surface area contributed by atoms with Gasteiger partial charge in [0.2, 0.25) is 0 Å². The molecule has 0 amide bonds. The third kappa shape index (κ3) is 3.93. The van der Waals surface area contributed by atoms with Gasteiger partial charge in [-0.25, -0.2) is 0 Å². The lowest BCUT2D eigenvalue weighted by Crippen LogP contribution is -2.35. The van der Waals surface area contributed by atoms with Crippen molar-refractivity contribution in [2.24, 2.45) is 0 Å². The van der Waals surface area contributed by atoms with Gasteiger partial charge in [-0.15, -0.1) is 0 Å². The standard InChI is InChI=1S/C18H26O4/c19-15-8-1-3-10-17(15)21-13-6-5-7-14(12-13)22-18-11-4-2-9-16(18)20/h5-7,12,15-20H,1-4,8-11H2/t15-,16-,17-,18-/m0/s1. The summed E-state index contributed by atoms with van der Waals surface area (Å²) >= 11 is 0. The summed E-state index contributed by atoms with van der Waals surface area (Å²) in [7, 11) is 0. The van der Waals surface area contributed by atoms with Crippen molar-refractivity contribution in [2.45, 2.75) is 75.8 Å². The summed E-state index contributed by atoms with van der Waals surface area (Å²) in [5.41, 5.74) is 0. The molecular weight excluding hydrogens is 280 g/mol. The molecule has 3 rings (SSSR count). The van der Waals surface area contributed by atoms with Gasteiger partial charge in [0.05, 0.1) is 12.2 Å². The van der Waals surface area contributed by atoms with E-state index in [1.165, 1.54) is 0 Å². The maximum atomic E-state index is 10.0. The average Bonchev–Trinajstić information content (AvgIpc) is 2.52. The molecule has 0 saturated heterocycles. The zero-order chi connectivity index (χ0) is 15.4. The van der Waals surface area contributed by atoms with E-state index < -0.39 is 0 Å². The molecule has 0 unspecified atom stereocenters. The predicted molar refractivity (Wildman–Crippen MR) is 84.2 cm³/mol. The normalized spacial score (nSPS) is 32.5. The number of ether oxygens (including phenoxy) is 2. The zero-order valence-electron chi connectivity index (χ0n) is 13.0. The van der Waals surface area contributed by atoms with Gasteiger partial charge in [0.15, 0.2) is 0 Å². The van der Waals surface area contributed by atoms with E-state index in [4.69, 9.17) is 9.47 Å². The molecule has 0 heterocycles. The van der Waals surface area contributed by atoms with Crippen LogP contribution >= 0.6 is 0 Å². The molecule has 122 valence electrons. The van der Waals surface area contributed by atoms with E-state index >= 15 is 0 Å². The quantitative estimate of drug-likeness (QED) is 0.897.